The van der Waals surface area contributed by atoms with E-state index in [0.717, 1.165) is 26.4 Å². The summed E-state index contributed by atoms with van der Waals surface area (Å²) in [5.41, 5.74) is 2.29. The van der Waals surface area contributed by atoms with Crippen molar-refractivity contribution in [1.82, 2.24) is 4.57 Å². The first-order valence-corrected chi connectivity index (χ1v) is 13.0. The standard InChI is InChI=1S/C28H23BrN2O4S/c1-4-35-27(33)24-16(2)30-28-31(25(24)18-9-12-19(29)13-10-18)26(32)23(36-28)15-21-20-8-6-5-7-17(20)11-14-22(21)34-3/h5-15,25H,4H2,1-3H3/b23-15-/t25-/m0/s1. The van der Waals surface area contributed by atoms with Crippen molar-refractivity contribution in [2.24, 2.45) is 4.99 Å². The van der Waals surface area contributed by atoms with Crippen LogP contribution in [0.4, 0.5) is 0 Å². The quantitative estimate of drug-likeness (QED) is 0.330. The van der Waals surface area contributed by atoms with Gasteiger partial charge in [-0.3, -0.25) is 9.36 Å². The molecular weight excluding hydrogens is 540 g/mol. The second-order valence-electron chi connectivity index (χ2n) is 8.26. The molecule has 4 aromatic rings. The normalized spacial score (nSPS) is 15.6. The Morgan fingerprint density at radius 2 is 1.89 bits per heavy atom. The summed E-state index contributed by atoms with van der Waals surface area (Å²) < 4.78 is 14.0. The van der Waals surface area contributed by atoms with E-state index in [0.29, 0.717) is 26.4 Å². The number of methoxy groups -OCH3 is 1. The number of hydrogen-bond donors (Lipinski definition) is 0. The van der Waals surface area contributed by atoms with E-state index in [1.54, 1.807) is 25.5 Å². The van der Waals surface area contributed by atoms with Gasteiger partial charge in [0.2, 0.25) is 0 Å². The van der Waals surface area contributed by atoms with Gasteiger partial charge in [0.25, 0.3) is 5.56 Å². The van der Waals surface area contributed by atoms with Gasteiger partial charge in [0, 0.05) is 10.0 Å². The minimum atomic E-state index is -0.648. The number of thiazole rings is 1. The van der Waals surface area contributed by atoms with Crippen molar-refractivity contribution in [2.45, 2.75) is 19.9 Å². The number of benzene rings is 3. The van der Waals surface area contributed by atoms with E-state index in [9.17, 15) is 9.59 Å². The lowest BCUT2D eigenvalue weighted by Crippen LogP contribution is -2.39. The summed E-state index contributed by atoms with van der Waals surface area (Å²) in [6.07, 6.45) is 1.85. The van der Waals surface area contributed by atoms with Gasteiger partial charge in [0.05, 0.1) is 35.6 Å². The van der Waals surface area contributed by atoms with Crippen LogP contribution in [0.5, 0.6) is 5.75 Å². The van der Waals surface area contributed by atoms with E-state index in [2.05, 4.69) is 20.9 Å². The first-order chi connectivity index (χ1) is 17.4. The highest BCUT2D eigenvalue weighted by Gasteiger charge is 2.33. The van der Waals surface area contributed by atoms with Crippen molar-refractivity contribution in [3.63, 3.8) is 0 Å². The number of rotatable bonds is 5. The Hall–Kier alpha value is -3.49. The molecule has 1 aromatic heterocycles. The highest BCUT2D eigenvalue weighted by atomic mass is 79.9. The molecule has 0 bridgehead atoms. The molecule has 0 amide bonds. The van der Waals surface area contributed by atoms with E-state index in [1.165, 1.54) is 11.3 Å². The van der Waals surface area contributed by atoms with Crippen molar-refractivity contribution < 1.29 is 14.3 Å². The summed E-state index contributed by atoms with van der Waals surface area (Å²) in [6, 6.07) is 18.8. The molecule has 0 N–H and O–H groups in total. The van der Waals surface area contributed by atoms with Crippen LogP contribution in [0.25, 0.3) is 16.8 Å². The molecular formula is C28H23BrN2O4S. The second-order valence-corrected chi connectivity index (χ2v) is 10.2. The highest BCUT2D eigenvalue weighted by molar-refractivity contribution is 9.10. The number of carbonyl (C=O) groups is 1. The summed E-state index contributed by atoms with van der Waals surface area (Å²) in [6.45, 7) is 3.77. The van der Waals surface area contributed by atoms with E-state index < -0.39 is 12.0 Å². The Labute approximate surface area is 220 Å². The Morgan fingerprint density at radius 1 is 1.14 bits per heavy atom. The average molecular weight is 563 g/mol. The molecule has 6 nitrogen and oxygen atoms in total. The van der Waals surface area contributed by atoms with Gasteiger partial charge >= 0.3 is 5.97 Å². The fourth-order valence-electron chi connectivity index (χ4n) is 4.49. The largest absolute Gasteiger partial charge is 0.496 e. The molecule has 182 valence electrons. The second kappa shape index (κ2) is 9.87. The van der Waals surface area contributed by atoms with E-state index >= 15 is 0 Å². The third kappa shape index (κ3) is 4.20. The number of fused-ring (bicyclic) bond motifs is 2. The maximum Gasteiger partial charge on any atom is 0.338 e. The van der Waals surface area contributed by atoms with Gasteiger partial charge in [0.15, 0.2) is 4.80 Å². The maximum atomic E-state index is 13.9. The molecule has 1 aliphatic heterocycles. The maximum absolute atomic E-state index is 13.9. The fraction of sp³-hybridized carbons (Fsp3) is 0.179. The van der Waals surface area contributed by atoms with Crippen molar-refractivity contribution in [2.75, 3.05) is 13.7 Å². The summed E-state index contributed by atoms with van der Waals surface area (Å²) >= 11 is 4.76. The first-order valence-electron chi connectivity index (χ1n) is 11.4. The third-order valence-corrected chi connectivity index (χ3v) is 7.64. The molecule has 8 heteroatoms. The number of ether oxygens (including phenoxy) is 2. The van der Waals surface area contributed by atoms with Crippen molar-refractivity contribution >= 4 is 50.1 Å². The zero-order valence-corrected chi connectivity index (χ0v) is 22.4. The minimum absolute atomic E-state index is 0.226. The van der Waals surface area contributed by atoms with Gasteiger partial charge in [-0.15, -0.1) is 0 Å². The van der Waals surface area contributed by atoms with Crippen LogP contribution in [0.2, 0.25) is 0 Å². The molecule has 1 aliphatic rings. The Kier molecular flexibility index (Phi) is 6.64. The Morgan fingerprint density at radius 3 is 2.61 bits per heavy atom. The van der Waals surface area contributed by atoms with Crippen LogP contribution in [0, 0.1) is 0 Å². The Bertz CT molecular complexity index is 1700. The monoisotopic (exact) mass is 562 g/mol. The van der Waals surface area contributed by atoms with Gasteiger partial charge in [-0.05, 0) is 54.5 Å². The molecule has 3 aromatic carbocycles. The number of carbonyl (C=O) groups excluding carboxylic acids is 1. The molecule has 5 rings (SSSR count). The topological polar surface area (TPSA) is 69.9 Å². The molecule has 0 unspecified atom stereocenters. The Balaban J connectivity index is 1.78. The molecule has 0 aliphatic carbocycles. The van der Waals surface area contributed by atoms with E-state index in [-0.39, 0.29) is 12.2 Å². The zero-order chi connectivity index (χ0) is 25.4. The molecule has 0 saturated carbocycles. The van der Waals surface area contributed by atoms with Gasteiger partial charge < -0.3 is 9.47 Å². The van der Waals surface area contributed by atoms with Crippen molar-refractivity contribution in [1.29, 1.82) is 0 Å². The summed E-state index contributed by atoms with van der Waals surface area (Å²) in [5.74, 6) is 0.198. The predicted molar refractivity (Wildman–Crippen MR) is 145 cm³/mol. The molecule has 0 radical (unpaired) electrons. The number of hydrogen-bond acceptors (Lipinski definition) is 6. The van der Waals surface area contributed by atoms with Gasteiger partial charge in [0.1, 0.15) is 5.75 Å². The lowest BCUT2D eigenvalue weighted by molar-refractivity contribution is -0.139. The highest BCUT2D eigenvalue weighted by Crippen LogP contribution is 2.32. The average Bonchev–Trinajstić information content (AvgIpc) is 3.18. The number of halogens is 1. The van der Waals surface area contributed by atoms with Crippen molar-refractivity contribution in [3.05, 3.63) is 107 Å². The molecule has 0 saturated heterocycles. The lowest BCUT2D eigenvalue weighted by Gasteiger charge is -2.24. The van der Waals surface area contributed by atoms with Crippen LogP contribution in [-0.4, -0.2) is 24.3 Å². The van der Waals surface area contributed by atoms with Crippen LogP contribution in [0.1, 0.15) is 31.0 Å². The van der Waals surface area contributed by atoms with Crippen LogP contribution < -0.4 is 19.6 Å². The number of esters is 1. The van der Waals surface area contributed by atoms with Gasteiger partial charge in [-0.1, -0.05) is 69.7 Å². The molecule has 1 atom stereocenters. The van der Waals surface area contributed by atoms with Crippen LogP contribution in [-0.2, 0) is 9.53 Å². The zero-order valence-electron chi connectivity index (χ0n) is 19.9. The van der Waals surface area contributed by atoms with E-state index in [1.807, 2.05) is 66.7 Å². The summed E-state index contributed by atoms with van der Waals surface area (Å²) in [7, 11) is 1.62. The van der Waals surface area contributed by atoms with Crippen molar-refractivity contribution in [3.8, 4) is 5.75 Å². The van der Waals surface area contributed by atoms with Crippen LogP contribution in [0.15, 0.2) is 86.2 Å². The summed E-state index contributed by atoms with van der Waals surface area (Å²) in [5, 5.41) is 2.03. The van der Waals surface area contributed by atoms with Gasteiger partial charge in [-0.2, -0.15) is 0 Å². The fourth-order valence-corrected chi connectivity index (χ4v) is 5.78. The summed E-state index contributed by atoms with van der Waals surface area (Å²) in [4.78, 5) is 32.1. The number of allylic oxidation sites excluding steroid dienone is 1. The smallest absolute Gasteiger partial charge is 0.338 e. The van der Waals surface area contributed by atoms with Gasteiger partial charge in [-0.25, -0.2) is 9.79 Å². The van der Waals surface area contributed by atoms with E-state index in [4.69, 9.17) is 9.47 Å². The molecule has 0 spiro atoms. The first kappa shape index (κ1) is 24.2. The van der Waals surface area contributed by atoms with Crippen LogP contribution >= 0.6 is 27.3 Å². The molecule has 0 fully saturated rings. The molecule has 36 heavy (non-hydrogen) atoms. The number of nitrogens with zero attached hydrogens (tertiary/aromatic N) is 2. The minimum Gasteiger partial charge on any atom is -0.496 e. The van der Waals surface area contributed by atoms with Crippen LogP contribution in [0.3, 0.4) is 0 Å². The lowest BCUT2D eigenvalue weighted by atomic mass is 9.96. The third-order valence-electron chi connectivity index (χ3n) is 6.13. The molecule has 2 heterocycles. The SMILES string of the molecule is CCOC(=O)C1=C(C)N=c2s/c(=C\c3c(OC)ccc4ccccc34)c(=O)n2[C@H]1c1ccc(Br)cc1. The predicted octanol–water partition coefficient (Wildman–Crippen LogP) is 4.72. The number of aromatic nitrogens is 1.